The fourth-order valence-electron chi connectivity index (χ4n) is 5.89. The molecule has 4 atom stereocenters. The van der Waals surface area contributed by atoms with Crippen LogP contribution in [0.1, 0.15) is 86.3 Å². The van der Waals surface area contributed by atoms with Crippen molar-refractivity contribution in [1.82, 2.24) is 45.6 Å². The third-order valence-electron chi connectivity index (χ3n) is 7.50. The minimum Gasteiger partial charge on any atom is -0.487 e. The molecule has 5 rings (SSSR count). The summed E-state index contributed by atoms with van der Waals surface area (Å²) in [4.78, 5) is 16.5. The van der Waals surface area contributed by atoms with E-state index in [-0.39, 0.29) is 18.4 Å². The topological polar surface area (TPSA) is 127 Å². The molecule has 0 aliphatic carbocycles. The fraction of sp³-hybridized carbons (Fsp3) is 0.667. The van der Waals surface area contributed by atoms with Gasteiger partial charge in [0.05, 0.1) is 19.6 Å². The molecule has 12 heteroatoms. The summed E-state index contributed by atoms with van der Waals surface area (Å²) >= 11 is 1.58. The molecule has 2 bridgehead atoms. The molecule has 5 heterocycles. The van der Waals surface area contributed by atoms with Crippen LogP contribution < -0.4 is 10.1 Å². The van der Waals surface area contributed by atoms with Gasteiger partial charge in [-0.2, -0.15) is 5.21 Å². The number of ether oxygens (including phenoxy) is 1. The Balaban J connectivity index is 1.26. The second-order valence-corrected chi connectivity index (χ2v) is 11.2. The van der Waals surface area contributed by atoms with Crippen LogP contribution in [0.5, 0.6) is 5.06 Å². The zero-order valence-corrected chi connectivity index (χ0v) is 22.2. The number of hydrogen-bond acceptors (Lipinski definition) is 9. The predicted octanol–water partition coefficient (Wildman–Crippen LogP) is 2.95. The van der Waals surface area contributed by atoms with Crippen molar-refractivity contribution in [3.63, 3.8) is 0 Å². The molecule has 2 aliphatic heterocycles. The molecule has 2 fully saturated rings. The van der Waals surface area contributed by atoms with E-state index >= 15 is 0 Å². The molecule has 0 spiro atoms. The van der Waals surface area contributed by atoms with Gasteiger partial charge >= 0.3 is 0 Å². The Kier molecular flexibility index (Phi) is 7.33. The fourth-order valence-corrected chi connectivity index (χ4v) is 6.80. The van der Waals surface area contributed by atoms with E-state index in [0.717, 1.165) is 47.4 Å². The molecule has 3 aromatic heterocycles. The number of methoxy groups -OCH3 is 1. The van der Waals surface area contributed by atoms with E-state index in [0.29, 0.717) is 29.9 Å². The van der Waals surface area contributed by atoms with Crippen LogP contribution in [0, 0.1) is 6.92 Å². The summed E-state index contributed by atoms with van der Waals surface area (Å²) in [6.07, 6.45) is 5.63. The highest BCUT2D eigenvalue weighted by molar-refractivity contribution is 7.13. The lowest BCUT2D eigenvalue weighted by atomic mass is 9.95. The van der Waals surface area contributed by atoms with Crippen molar-refractivity contribution < 1.29 is 9.53 Å². The summed E-state index contributed by atoms with van der Waals surface area (Å²) in [5.74, 6) is 2.76. The molecule has 0 saturated carbocycles. The van der Waals surface area contributed by atoms with Gasteiger partial charge in [-0.3, -0.25) is 9.69 Å². The lowest BCUT2D eigenvalue weighted by molar-refractivity contribution is -0.121. The van der Waals surface area contributed by atoms with Crippen LogP contribution in [0.25, 0.3) is 0 Å². The second kappa shape index (κ2) is 10.6. The maximum absolute atomic E-state index is 12.8. The lowest BCUT2D eigenvalue weighted by Gasteiger charge is -2.40. The van der Waals surface area contributed by atoms with Gasteiger partial charge in [0, 0.05) is 35.5 Å². The smallest absolute Gasteiger partial charge is 0.228 e. The number of rotatable bonds is 10. The minimum absolute atomic E-state index is 0.0944. The summed E-state index contributed by atoms with van der Waals surface area (Å²) < 4.78 is 7.80. The molecule has 0 radical (unpaired) electrons. The Morgan fingerprint density at radius 2 is 1.97 bits per heavy atom. The molecule has 11 nitrogen and oxygen atoms in total. The molecule has 2 N–H and O–H groups in total. The van der Waals surface area contributed by atoms with E-state index in [1.165, 1.54) is 12.8 Å². The first-order valence-electron chi connectivity index (χ1n) is 12.8. The summed E-state index contributed by atoms with van der Waals surface area (Å²) in [5.41, 5.74) is 0. The Morgan fingerprint density at radius 3 is 2.61 bits per heavy atom. The van der Waals surface area contributed by atoms with Crippen molar-refractivity contribution in [1.29, 1.82) is 0 Å². The van der Waals surface area contributed by atoms with Gasteiger partial charge in [-0.15, -0.1) is 31.7 Å². The molecule has 0 aromatic carbocycles. The summed E-state index contributed by atoms with van der Waals surface area (Å²) in [5, 5.41) is 26.7. The van der Waals surface area contributed by atoms with Crippen LogP contribution >= 0.6 is 11.3 Å². The first-order chi connectivity index (χ1) is 17.4. The number of piperidine rings is 1. The van der Waals surface area contributed by atoms with Crippen molar-refractivity contribution in [2.45, 2.75) is 89.4 Å². The third kappa shape index (κ3) is 5.15. The summed E-state index contributed by atoms with van der Waals surface area (Å²) in [7, 11) is 1.67. The van der Waals surface area contributed by atoms with Crippen molar-refractivity contribution in [2.75, 3.05) is 13.7 Å². The molecular formula is C24H35N9O2S. The Bertz CT molecular complexity index is 1140. The van der Waals surface area contributed by atoms with Crippen molar-refractivity contribution in [3.8, 4) is 5.06 Å². The average Bonchev–Trinajstić information content (AvgIpc) is 3.64. The van der Waals surface area contributed by atoms with Crippen LogP contribution in [0.4, 0.5) is 0 Å². The van der Waals surface area contributed by atoms with E-state index in [9.17, 15) is 4.79 Å². The van der Waals surface area contributed by atoms with Crippen molar-refractivity contribution in [2.24, 2.45) is 0 Å². The molecule has 2 aliphatic rings. The molecule has 1 amide bonds. The highest BCUT2D eigenvalue weighted by Crippen LogP contribution is 2.42. The number of carbonyl (C=O) groups excluding carboxylic acids is 1. The van der Waals surface area contributed by atoms with Gasteiger partial charge in [0.1, 0.15) is 11.6 Å². The Hall–Kier alpha value is -2.86. The number of fused-ring (bicyclic) bond motifs is 2. The molecule has 194 valence electrons. The number of aromatic nitrogens is 7. The minimum atomic E-state index is -0.111. The third-order valence-corrected chi connectivity index (χ3v) is 8.66. The maximum Gasteiger partial charge on any atom is 0.228 e. The molecule has 36 heavy (non-hydrogen) atoms. The quantitative estimate of drug-likeness (QED) is 0.424. The normalized spacial score (nSPS) is 22.8. The second-order valence-electron chi connectivity index (χ2n) is 10.2. The number of H-pyrrole nitrogens is 1. The van der Waals surface area contributed by atoms with Crippen LogP contribution in [0.2, 0.25) is 0 Å². The number of carbonyl (C=O) groups is 1. The van der Waals surface area contributed by atoms with Gasteiger partial charge < -0.3 is 14.6 Å². The van der Waals surface area contributed by atoms with Gasteiger partial charge in [0.25, 0.3) is 0 Å². The number of aryl methyl sites for hydroxylation is 1. The van der Waals surface area contributed by atoms with E-state index in [1.807, 2.05) is 12.1 Å². The Morgan fingerprint density at radius 1 is 1.19 bits per heavy atom. The zero-order valence-electron chi connectivity index (χ0n) is 21.3. The van der Waals surface area contributed by atoms with E-state index in [1.54, 1.807) is 18.4 Å². The Labute approximate surface area is 215 Å². The predicted molar refractivity (Wildman–Crippen MR) is 135 cm³/mol. The van der Waals surface area contributed by atoms with E-state index in [4.69, 9.17) is 4.74 Å². The largest absolute Gasteiger partial charge is 0.487 e. The van der Waals surface area contributed by atoms with Crippen molar-refractivity contribution >= 4 is 17.2 Å². The van der Waals surface area contributed by atoms with Crippen molar-refractivity contribution in [3.05, 3.63) is 34.5 Å². The highest BCUT2D eigenvalue weighted by Gasteiger charge is 2.42. The number of amides is 1. The number of nitrogens with one attached hydrogen (secondary N) is 2. The average molecular weight is 514 g/mol. The van der Waals surface area contributed by atoms with E-state index in [2.05, 4.69) is 66.4 Å². The van der Waals surface area contributed by atoms with E-state index < -0.39 is 0 Å². The maximum atomic E-state index is 12.8. The summed E-state index contributed by atoms with van der Waals surface area (Å²) in [6, 6.07) is 5.46. The number of nitrogens with zero attached hydrogens (tertiary/aromatic N) is 7. The number of thiophene rings is 1. The molecular weight excluding hydrogens is 478 g/mol. The zero-order chi connectivity index (χ0) is 25.2. The van der Waals surface area contributed by atoms with Crippen LogP contribution in [-0.4, -0.2) is 71.9 Å². The van der Waals surface area contributed by atoms with Gasteiger partial charge in [-0.05, 0) is 51.2 Å². The SMILES string of the molecule is COc1ccc([C@H](CCN2[C@@H]3CC[C@H]2CC(n2c(C)nnc2C(C)C)C3)NC(=O)Cc2nn[nH]n2)s1. The van der Waals surface area contributed by atoms with Gasteiger partial charge in [0.15, 0.2) is 10.9 Å². The van der Waals surface area contributed by atoms with Gasteiger partial charge in [-0.25, -0.2) is 0 Å². The molecule has 2 saturated heterocycles. The molecule has 1 unspecified atom stereocenters. The van der Waals surface area contributed by atoms with Gasteiger partial charge in [0.2, 0.25) is 5.91 Å². The first-order valence-corrected chi connectivity index (χ1v) is 13.6. The van der Waals surface area contributed by atoms with Crippen LogP contribution in [0.3, 0.4) is 0 Å². The molecule has 3 aromatic rings. The van der Waals surface area contributed by atoms with Gasteiger partial charge in [-0.1, -0.05) is 19.1 Å². The monoisotopic (exact) mass is 513 g/mol. The highest BCUT2D eigenvalue weighted by atomic mass is 32.1. The summed E-state index contributed by atoms with van der Waals surface area (Å²) in [6.45, 7) is 7.39. The lowest BCUT2D eigenvalue weighted by Crippen LogP contribution is -2.45. The number of hydrogen-bond donors (Lipinski definition) is 2. The van der Waals surface area contributed by atoms with Crippen LogP contribution in [0.15, 0.2) is 12.1 Å². The number of aromatic amines is 1. The standard InChI is InChI=1S/C24H35N9O2S/c1-14(2)24-29-26-15(3)33(24)18-11-16-5-6-17(12-18)32(16)10-9-19(20-7-8-23(35-4)36-20)25-22(34)13-21-27-30-31-28-21/h7-8,14,16-19H,5-6,9-13H2,1-4H3,(H,25,34)(H,27,28,30,31)/t16-,17+,18?,19-/m0/s1. The number of tetrazole rings is 1. The van der Waals surface area contributed by atoms with Crippen LogP contribution in [-0.2, 0) is 11.2 Å². The first kappa shape index (κ1) is 24.8.